The Morgan fingerprint density at radius 1 is 1.53 bits per heavy atom. The molecule has 1 heterocycles. The molecule has 0 atom stereocenters. The van der Waals surface area contributed by atoms with Crippen LogP contribution in [0.25, 0.3) is 0 Å². The molecule has 0 radical (unpaired) electrons. The first-order valence-corrected chi connectivity index (χ1v) is 4.84. The van der Waals surface area contributed by atoms with Crippen LogP contribution in [0.5, 0.6) is 0 Å². The van der Waals surface area contributed by atoms with Gasteiger partial charge in [0.05, 0.1) is 6.20 Å². The van der Waals surface area contributed by atoms with Gasteiger partial charge in [-0.3, -0.25) is 4.79 Å². The molecule has 0 saturated heterocycles. The highest BCUT2D eigenvalue weighted by Crippen LogP contribution is 2.18. The van der Waals surface area contributed by atoms with Crippen LogP contribution in [0.4, 0.5) is 15.8 Å². The van der Waals surface area contributed by atoms with E-state index in [4.69, 9.17) is 5.73 Å². The number of amides is 1. The Kier molecular flexibility index (Phi) is 2.78. The number of nitrogens with two attached hydrogens (primary N) is 1. The van der Waals surface area contributed by atoms with E-state index in [0.29, 0.717) is 11.3 Å². The maximum absolute atomic E-state index is 13.4. The number of hydrogen-bond acceptors (Lipinski definition) is 4. The van der Waals surface area contributed by atoms with Gasteiger partial charge in [-0.1, -0.05) is 5.16 Å². The summed E-state index contributed by atoms with van der Waals surface area (Å²) in [5.74, 6) is -0.987. The molecule has 1 aromatic heterocycles. The fourth-order valence-electron chi connectivity index (χ4n) is 1.30. The minimum Gasteiger partial charge on any atom is -0.398 e. The lowest BCUT2D eigenvalue weighted by Crippen LogP contribution is -2.12. The van der Waals surface area contributed by atoms with Gasteiger partial charge in [0.25, 0.3) is 5.91 Å². The maximum atomic E-state index is 13.4. The van der Waals surface area contributed by atoms with E-state index >= 15 is 0 Å². The maximum Gasteiger partial charge on any atom is 0.255 e. The third-order valence-corrected chi connectivity index (χ3v) is 2.34. The third kappa shape index (κ3) is 2.25. The normalized spacial score (nSPS) is 10.2. The molecule has 5 nitrogen and oxygen atoms in total. The van der Waals surface area contributed by atoms with E-state index in [9.17, 15) is 9.18 Å². The molecule has 17 heavy (non-hydrogen) atoms. The molecule has 2 rings (SSSR count). The lowest BCUT2D eigenvalue weighted by Gasteiger charge is -2.06. The molecule has 0 aliphatic carbocycles. The van der Waals surface area contributed by atoms with Gasteiger partial charge in [0.2, 0.25) is 0 Å². The van der Waals surface area contributed by atoms with Crippen molar-refractivity contribution in [1.29, 1.82) is 0 Å². The molecule has 0 aliphatic heterocycles. The Bertz CT molecular complexity index is 529. The van der Waals surface area contributed by atoms with E-state index < -0.39 is 11.7 Å². The molecule has 1 amide bonds. The van der Waals surface area contributed by atoms with Crippen LogP contribution in [0.15, 0.2) is 29.1 Å². The summed E-state index contributed by atoms with van der Waals surface area (Å²) in [6.07, 6.45) is 2.61. The van der Waals surface area contributed by atoms with Crippen molar-refractivity contribution in [2.75, 3.05) is 11.1 Å². The fraction of sp³-hybridized carbons (Fsp3) is 0.0909. The van der Waals surface area contributed by atoms with Gasteiger partial charge >= 0.3 is 0 Å². The first-order chi connectivity index (χ1) is 8.08. The molecular weight excluding hydrogens is 225 g/mol. The zero-order valence-electron chi connectivity index (χ0n) is 9.03. The number of halogens is 1. The number of nitrogens with zero attached hydrogens (tertiary/aromatic N) is 1. The number of hydrogen-bond donors (Lipinski definition) is 2. The largest absolute Gasteiger partial charge is 0.398 e. The summed E-state index contributed by atoms with van der Waals surface area (Å²) in [7, 11) is 0. The van der Waals surface area contributed by atoms with E-state index in [1.165, 1.54) is 18.5 Å². The van der Waals surface area contributed by atoms with E-state index in [1.807, 2.05) is 0 Å². The number of nitrogen functional groups attached to an aromatic ring is 1. The lowest BCUT2D eigenvalue weighted by molar-refractivity contribution is 0.102. The van der Waals surface area contributed by atoms with E-state index in [2.05, 4.69) is 15.0 Å². The Hall–Kier alpha value is -2.37. The van der Waals surface area contributed by atoms with Crippen molar-refractivity contribution in [3.8, 4) is 0 Å². The van der Waals surface area contributed by atoms with Crippen LogP contribution in [-0.4, -0.2) is 11.1 Å². The van der Waals surface area contributed by atoms with Gasteiger partial charge < -0.3 is 15.6 Å². The molecular formula is C11H10FN3O2. The summed E-state index contributed by atoms with van der Waals surface area (Å²) in [6, 6.07) is 2.55. The van der Waals surface area contributed by atoms with Crippen LogP contribution in [0, 0.1) is 12.7 Å². The fourth-order valence-corrected chi connectivity index (χ4v) is 1.30. The van der Waals surface area contributed by atoms with Crippen molar-refractivity contribution >= 4 is 17.3 Å². The highest BCUT2D eigenvalue weighted by atomic mass is 19.1. The number of anilines is 2. The van der Waals surface area contributed by atoms with E-state index in [-0.39, 0.29) is 11.3 Å². The molecule has 6 heteroatoms. The van der Waals surface area contributed by atoms with Gasteiger partial charge in [0, 0.05) is 16.8 Å². The van der Waals surface area contributed by atoms with Gasteiger partial charge in [-0.25, -0.2) is 4.39 Å². The van der Waals surface area contributed by atoms with Crippen molar-refractivity contribution in [1.82, 2.24) is 5.16 Å². The van der Waals surface area contributed by atoms with Crippen molar-refractivity contribution < 1.29 is 13.7 Å². The summed E-state index contributed by atoms with van der Waals surface area (Å²) >= 11 is 0. The molecule has 3 N–H and O–H groups in total. The van der Waals surface area contributed by atoms with Crippen molar-refractivity contribution in [3.63, 3.8) is 0 Å². The van der Waals surface area contributed by atoms with Crippen LogP contribution in [0.3, 0.4) is 0 Å². The molecule has 0 unspecified atom stereocenters. The van der Waals surface area contributed by atoms with Crippen LogP contribution in [-0.2, 0) is 0 Å². The van der Waals surface area contributed by atoms with Crippen LogP contribution in [0.1, 0.15) is 15.9 Å². The number of benzene rings is 1. The Balaban J connectivity index is 2.26. The first-order valence-electron chi connectivity index (χ1n) is 4.84. The van der Waals surface area contributed by atoms with Gasteiger partial charge in [0.15, 0.2) is 0 Å². The minimum atomic E-state index is -0.513. The molecule has 0 bridgehead atoms. The zero-order valence-corrected chi connectivity index (χ0v) is 9.03. The van der Waals surface area contributed by atoms with Crippen LogP contribution >= 0.6 is 0 Å². The van der Waals surface area contributed by atoms with Crippen molar-refractivity contribution in [3.05, 3.63) is 41.5 Å². The molecule has 0 saturated carbocycles. The standard InChI is InChI=1S/C11H10FN3O2/c1-6-9(12)2-7(3-10(6)13)11(16)15-8-4-14-17-5-8/h2-5H,13H2,1H3,(H,15,16). The Labute approximate surface area is 96.4 Å². The second kappa shape index (κ2) is 4.25. The Morgan fingerprint density at radius 2 is 2.29 bits per heavy atom. The summed E-state index contributed by atoms with van der Waals surface area (Å²) in [5, 5.41) is 5.92. The van der Waals surface area contributed by atoms with E-state index in [0.717, 1.165) is 6.07 Å². The van der Waals surface area contributed by atoms with Crippen molar-refractivity contribution in [2.45, 2.75) is 6.92 Å². The smallest absolute Gasteiger partial charge is 0.255 e. The number of carbonyl (C=O) groups excluding carboxylic acids is 1. The van der Waals surface area contributed by atoms with Crippen LogP contribution < -0.4 is 11.1 Å². The summed E-state index contributed by atoms with van der Waals surface area (Å²) < 4.78 is 17.9. The summed E-state index contributed by atoms with van der Waals surface area (Å²) in [4.78, 5) is 11.7. The number of aromatic nitrogens is 1. The predicted octanol–water partition coefficient (Wildman–Crippen LogP) is 1.96. The molecule has 1 aromatic carbocycles. The average molecular weight is 235 g/mol. The number of nitrogens with one attached hydrogen (secondary N) is 1. The Morgan fingerprint density at radius 3 is 2.88 bits per heavy atom. The molecule has 2 aromatic rings. The number of rotatable bonds is 2. The molecule has 0 spiro atoms. The SMILES string of the molecule is Cc1c(N)cc(C(=O)Nc2cnoc2)cc1F. The summed E-state index contributed by atoms with van der Waals surface area (Å²) in [6.45, 7) is 1.55. The summed E-state index contributed by atoms with van der Waals surface area (Å²) in [5.41, 5.74) is 6.69. The second-order valence-electron chi connectivity index (χ2n) is 3.54. The first kappa shape index (κ1) is 11.1. The van der Waals surface area contributed by atoms with Gasteiger partial charge in [-0.05, 0) is 19.1 Å². The predicted molar refractivity (Wildman–Crippen MR) is 60.0 cm³/mol. The topological polar surface area (TPSA) is 81.2 Å². The third-order valence-electron chi connectivity index (χ3n) is 2.34. The average Bonchev–Trinajstić information content (AvgIpc) is 2.77. The quantitative estimate of drug-likeness (QED) is 0.779. The molecule has 88 valence electrons. The van der Waals surface area contributed by atoms with Crippen molar-refractivity contribution in [2.24, 2.45) is 0 Å². The van der Waals surface area contributed by atoms with E-state index in [1.54, 1.807) is 6.92 Å². The highest BCUT2D eigenvalue weighted by molar-refractivity contribution is 6.04. The van der Waals surface area contributed by atoms with Crippen LogP contribution in [0.2, 0.25) is 0 Å². The molecule has 0 fully saturated rings. The van der Waals surface area contributed by atoms with Gasteiger partial charge in [-0.2, -0.15) is 0 Å². The monoisotopic (exact) mass is 235 g/mol. The zero-order chi connectivity index (χ0) is 12.4. The van der Waals surface area contributed by atoms with Gasteiger partial charge in [-0.15, -0.1) is 0 Å². The lowest BCUT2D eigenvalue weighted by atomic mass is 10.1. The number of carbonyl (C=O) groups is 1. The minimum absolute atomic E-state index is 0.145. The molecule has 0 aliphatic rings. The second-order valence-corrected chi connectivity index (χ2v) is 3.54. The van der Waals surface area contributed by atoms with Gasteiger partial charge in [0.1, 0.15) is 17.8 Å². The highest BCUT2D eigenvalue weighted by Gasteiger charge is 2.11.